The van der Waals surface area contributed by atoms with Gasteiger partial charge in [0.15, 0.2) is 0 Å². The zero-order valence-corrected chi connectivity index (χ0v) is 11.9. The fourth-order valence-corrected chi connectivity index (χ4v) is 2.13. The molecule has 0 unspecified atom stereocenters. The molecule has 8 heteroatoms. The number of imidazole rings is 1. The first-order chi connectivity index (χ1) is 10.2. The van der Waals surface area contributed by atoms with E-state index in [1.807, 2.05) is 0 Å². The number of aliphatic hydroxyl groups is 1. The van der Waals surface area contributed by atoms with Crippen molar-refractivity contribution in [2.45, 2.75) is 38.3 Å². The molecular formula is C13H19N7O. The highest BCUT2D eigenvalue weighted by Gasteiger charge is 2.27. The number of rotatable bonds is 6. The van der Waals surface area contributed by atoms with Gasteiger partial charge in [0, 0.05) is 25.0 Å². The molecule has 8 nitrogen and oxygen atoms in total. The summed E-state index contributed by atoms with van der Waals surface area (Å²) in [6.45, 7) is 2.88. The largest absolute Gasteiger partial charge is 0.393 e. The third-order valence-corrected chi connectivity index (χ3v) is 3.34. The molecule has 1 aliphatic carbocycles. The van der Waals surface area contributed by atoms with Gasteiger partial charge >= 0.3 is 0 Å². The molecular weight excluding hydrogens is 270 g/mol. The molecule has 3 N–H and O–H groups in total. The van der Waals surface area contributed by atoms with E-state index in [-0.39, 0.29) is 12.1 Å². The van der Waals surface area contributed by atoms with Crippen LogP contribution in [0.25, 0.3) is 5.95 Å². The van der Waals surface area contributed by atoms with Crippen molar-refractivity contribution in [1.82, 2.24) is 24.5 Å². The Morgan fingerprint density at radius 1 is 1.29 bits per heavy atom. The van der Waals surface area contributed by atoms with E-state index in [2.05, 4.69) is 37.5 Å². The van der Waals surface area contributed by atoms with Crippen LogP contribution in [0.4, 0.5) is 11.9 Å². The number of hydrogen-bond acceptors (Lipinski definition) is 7. The molecule has 0 aliphatic heterocycles. The zero-order chi connectivity index (χ0) is 14.7. The van der Waals surface area contributed by atoms with E-state index >= 15 is 0 Å². The third-order valence-electron chi connectivity index (χ3n) is 3.34. The molecule has 1 aliphatic rings. The fourth-order valence-electron chi connectivity index (χ4n) is 2.13. The number of hydrogen-bond donors (Lipinski definition) is 3. The maximum Gasteiger partial charge on any atom is 0.241 e. The van der Waals surface area contributed by atoms with E-state index in [1.54, 1.807) is 23.3 Å². The average Bonchev–Trinajstić information content (AvgIpc) is 2.97. The van der Waals surface area contributed by atoms with Crippen LogP contribution in [0.1, 0.15) is 26.2 Å². The summed E-state index contributed by atoms with van der Waals surface area (Å²) in [7, 11) is 0. The van der Waals surface area contributed by atoms with Crippen LogP contribution in [0.15, 0.2) is 18.7 Å². The lowest BCUT2D eigenvalue weighted by molar-refractivity contribution is 0.0834. The number of nitrogens with one attached hydrogen (secondary N) is 2. The van der Waals surface area contributed by atoms with Gasteiger partial charge in [-0.1, -0.05) is 6.92 Å². The first-order valence-electron chi connectivity index (χ1n) is 7.17. The van der Waals surface area contributed by atoms with E-state index in [0.29, 0.717) is 17.8 Å². The van der Waals surface area contributed by atoms with Gasteiger partial charge in [-0.05, 0) is 19.3 Å². The Bertz CT molecular complexity index is 580. The first-order valence-corrected chi connectivity index (χ1v) is 7.17. The number of anilines is 2. The molecule has 0 spiro atoms. The molecule has 21 heavy (non-hydrogen) atoms. The quantitative estimate of drug-likeness (QED) is 0.723. The Kier molecular flexibility index (Phi) is 3.96. The average molecular weight is 289 g/mol. The predicted molar refractivity (Wildman–Crippen MR) is 78.4 cm³/mol. The van der Waals surface area contributed by atoms with Crippen molar-refractivity contribution in [3.8, 4) is 5.95 Å². The molecule has 3 rings (SSSR count). The monoisotopic (exact) mass is 289 g/mol. The lowest BCUT2D eigenvalue weighted by Gasteiger charge is -2.31. The van der Waals surface area contributed by atoms with E-state index in [4.69, 9.17) is 0 Å². The topological polar surface area (TPSA) is 101 Å². The van der Waals surface area contributed by atoms with E-state index in [9.17, 15) is 5.11 Å². The molecule has 2 heterocycles. The molecule has 2 aromatic rings. The van der Waals surface area contributed by atoms with E-state index in [0.717, 1.165) is 25.8 Å². The van der Waals surface area contributed by atoms with Crippen molar-refractivity contribution in [2.24, 2.45) is 0 Å². The summed E-state index contributed by atoms with van der Waals surface area (Å²) >= 11 is 0. The van der Waals surface area contributed by atoms with Crippen LogP contribution in [0.2, 0.25) is 0 Å². The summed E-state index contributed by atoms with van der Waals surface area (Å²) in [5.74, 6) is 1.57. The highest BCUT2D eigenvalue weighted by atomic mass is 16.3. The maximum atomic E-state index is 9.35. The van der Waals surface area contributed by atoms with Crippen LogP contribution in [-0.4, -0.2) is 48.3 Å². The standard InChI is InChI=1S/C13H19N7O/c1-2-3-15-11-17-12(16-9-6-10(21)7-9)19-13(18-11)20-5-4-14-8-20/h4-5,8-10,21H,2-3,6-7H2,1H3,(H2,15,16,17,18,19). The van der Waals surface area contributed by atoms with Crippen LogP contribution in [-0.2, 0) is 0 Å². The zero-order valence-electron chi connectivity index (χ0n) is 11.9. The Morgan fingerprint density at radius 2 is 2.10 bits per heavy atom. The SMILES string of the molecule is CCCNc1nc(NC2CC(O)C2)nc(-n2ccnc2)n1. The van der Waals surface area contributed by atoms with Gasteiger partial charge in [-0.25, -0.2) is 4.98 Å². The van der Waals surface area contributed by atoms with Gasteiger partial charge in [-0.2, -0.15) is 15.0 Å². The van der Waals surface area contributed by atoms with Gasteiger partial charge < -0.3 is 15.7 Å². The molecule has 0 aromatic carbocycles. The van der Waals surface area contributed by atoms with Gasteiger partial charge in [0.1, 0.15) is 6.33 Å². The lowest BCUT2D eigenvalue weighted by atomic mass is 9.90. The van der Waals surface area contributed by atoms with Gasteiger partial charge in [-0.15, -0.1) is 0 Å². The highest BCUT2D eigenvalue weighted by Crippen LogP contribution is 2.23. The van der Waals surface area contributed by atoms with Crippen LogP contribution < -0.4 is 10.6 Å². The van der Waals surface area contributed by atoms with Crippen molar-refractivity contribution < 1.29 is 5.11 Å². The van der Waals surface area contributed by atoms with Gasteiger partial charge in [-0.3, -0.25) is 4.57 Å². The number of nitrogens with zero attached hydrogens (tertiary/aromatic N) is 5. The van der Waals surface area contributed by atoms with E-state index < -0.39 is 0 Å². The van der Waals surface area contributed by atoms with Crippen LogP contribution in [0.5, 0.6) is 0 Å². The van der Waals surface area contributed by atoms with Crippen molar-refractivity contribution in [2.75, 3.05) is 17.2 Å². The summed E-state index contributed by atoms with van der Waals surface area (Å²) in [5, 5.41) is 15.8. The third kappa shape index (κ3) is 3.27. The molecule has 0 radical (unpaired) electrons. The smallest absolute Gasteiger partial charge is 0.241 e. The molecule has 1 fully saturated rings. The van der Waals surface area contributed by atoms with Gasteiger partial charge in [0.2, 0.25) is 17.8 Å². The predicted octanol–water partition coefficient (Wildman–Crippen LogP) is 0.814. The maximum absolute atomic E-state index is 9.35. The summed E-state index contributed by atoms with van der Waals surface area (Å²) in [6.07, 6.45) is 7.34. The van der Waals surface area contributed by atoms with Crippen molar-refractivity contribution in [3.63, 3.8) is 0 Å². The highest BCUT2D eigenvalue weighted by molar-refractivity contribution is 5.39. The molecule has 0 saturated heterocycles. The second-order valence-electron chi connectivity index (χ2n) is 5.15. The second-order valence-corrected chi connectivity index (χ2v) is 5.15. The van der Waals surface area contributed by atoms with Crippen molar-refractivity contribution in [1.29, 1.82) is 0 Å². The lowest BCUT2D eigenvalue weighted by Crippen LogP contribution is -2.39. The van der Waals surface area contributed by atoms with E-state index in [1.165, 1.54) is 0 Å². The van der Waals surface area contributed by atoms with Crippen molar-refractivity contribution in [3.05, 3.63) is 18.7 Å². The molecule has 112 valence electrons. The van der Waals surface area contributed by atoms with Crippen LogP contribution in [0, 0.1) is 0 Å². The molecule has 2 aromatic heterocycles. The molecule has 0 bridgehead atoms. The molecule has 0 amide bonds. The Balaban J connectivity index is 1.82. The normalized spacial score (nSPS) is 20.9. The summed E-state index contributed by atoms with van der Waals surface area (Å²) in [5.41, 5.74) is 0. The number of aromatic nitrogens is 5. The summed E-state index contributed by atoms with van der Waals surface area (Å²) in [6, 6.07) is 0.220. The Morgan fingerprint density at radius 3 is 2.76 bits per heavy atom. The minimum absolute atomic E-state index is 0.213. The summed E-state index contributed by atoms with van der Waals surface area (Å²) < 4.78 is 1.74. The fraction of sp³-hybridized carbons (Fsp3) is 0.538. The first kappa shape index (κ1) is 13.7. The summed E-state index contributed by atoms with van der Waals surface area (Å²) in [4.78, 5) is 17.2. The Labute approximate surface area is 122 Å². The number of aliphatic hydroxyl groups excluding tert-OH is 1. The van der Waals surface area contributed by atoms with Gasteiger partial charge in [0.25, 0.3) is 0 Å². The minimum atomic E-state index is -0.213. The van der Waals surface area contributed by atoms with Crippen molar-refractivity contribution >= 4 is 11.9 Å². The molecule has 0 atom stereocenters. The van der Waals surface area contributed by atoms with Crippen LogP contribution in [0.3, 0.4) is 0 Å². The minimum Gasteiger partial charge on any atom is -0.393 e. The van der Waals surface area contributed by atoms with Gasteiger partial charge in [0.05, 0.1) is 6.10 Å². The Hall–Kier alpha value is -2.22. The second kappa shape index (κ2) is 6.04. The van der Waals surface area contributed by atoms with Crippen LogP contribution >= 0.6 is 0 Å². The molecule has 1 saturated carbocycles.